The minimum Gasteiger partial charge on any atom is -0.496 e. The summed E-state index contributed by atoms with van der Waals surface area (Å²) in [7, 11) is -4.51. The van der Waals surface area contributed by atoms with Gasteiger partial charge in [-0.3, -0.25) is 0 Å². The van der Waals surface area contributed by atoms with E-state index >= 15 is 0 Å². The molecule has 0 spiro atoms. The Hall–Kier alpha value is -2.97. The van der Waals surface area contributed by atoms with Gasteiger partial charge in [-0.25, -0.2) is 0 Å². The van der Waals surface area contributed by atoms with Gasteiger partial charge in [-0.15, -0.1) is 0 Å². The highest BCUT2D eigenvalue weighted by molar-refractivity contribution is 6.50. The van der Waals surface area contributed by atoms with Crippen LogP contribution >= 0.6 is 0 Å². The van der Waals surface area contributed by atoms with Gasteiger partial charge in [0.25, 0.3) is 0 Å². The van der Waals surface area contributed by atoms with Crippen molar-refractivity contribution < 1.29 is 35.2 Å². The molecule has 0 aromatic heterocycles. The molecule has 214 valence electrons. The number of ether oxygens (including phenoxy) is 1. The fourth-order valence-corrected chi connectivity index (χ4v) is 6.92. The van der Waals surface area contributed by atoms with Crippen molar-refractivity contribution in [1.29, 1.82) is 0 Å². The molecule has 1 nitrogen and oxygen atoms in total. The van der Waals surface area contributed by atoms with Crippen LogP contribution in [0.25, 0.3) is 22.3 Å². The van der Waals surface area contributed by atoms with E-state index in [1.807, 2.05) is 0 Å². The van der Waals surface area contributed by atoms with Crippen LogP contribution in [0, 0.1) is 0 Å². The molecule has 6 rings (SSSR count). The first-order valence-electron chi connectivity index (χ1n) is 13.9. The van der Waals surface area contributed by atoms with E-state index in [0.29, 0.717) is 17.6 Å². The Bertz CT molecular complexity index is 1360. The van der Waals surface area contributed by atoms with Crippen molar-refractivity contribution in [2.24, 2.45) is 0 Å². The molecule has 40 heavy (non-hydrogen) atoms. The topological polar surface area (TPSA) is 9.23 Å². The van der Waals surface area contributed by atoms with Crippen molar-refractivity contribution in [2.45, 2.75) is 75.8 Å². The lowest BCUT2D eigenvalue weighted by Gasteiger charge is -2.28. The normalized spacial score (nSPS) is 17.4. The number of hydrogen-bond donors (Lipinski definition) is 0. The number of halogens is 7. The molecular formula is C31H31BF7O-. The molecule has 3 aromatic rings. The molecule has 0 atom stereocenters. The molecule has 0 aliphatic heterocycles. The Labute approximate surface area is 229 Å². The van der Waals surface area contributed by atoms with Crippen LogP contribution in [0.2, 0.25) is 0 Å². The van der Waals surface area contributed by atoms with Gasteiger partial charge >= 0.3 is 13.4 Å². The number of methoxy groups -OCH3 is 1. The molecule has 2 fully saturated rings. The van der Waals surface area contributed by atoms with Crippen LogP contribution in [0.1, 0.15) is 91.0 Å². The highest BCUT2D eigenvalue weighted by Gasteiger charge is 2.36. The maximum absolute atomic E-state index is 13.6. The minimum absolute atomic E-state index is 0.320. The van der Waals surface area contributed by atoms with Gasteiger partial charge in [0.2, 0.25) is 0 Å². The first kappa shape index (κ1) is 28.6. The maximum Gasteiger partial charge on any atom is 0.673 e. The third kappa shape index (κ3) is 5.89. The Morgan fingerprint density at radius 3 is 1.95 bits per heavy atom. The van der Waals surface area contributed by atoms with Crippen molar-refractivity contribution in [3.05, 3.63) is 76.3 Å². The Morgan fingerprint density at radius 2 is 1.35 bits per heavy atom. The summed E-state index contributed by atoms with van der Waals surface area (Å²) in [5.41, 5.74) is 9.24. The van der Waals surface area contributed by atoms with Gasteiger partial charge in [-0.1, -0.05) is 62.1 Å². The van der Waals surface area contributed by atoms with E-state index in [2.05, 4.69) is 30.3 Å². The zero-order chi connectivity index (χ0) is 28.7. The first-order chi connectivity index (χ1) is 19.0. The van der Waals surface area contributed by atoms with Crippen molar-refractivity contribution >= 4 is 7.25 Å². The van der Waals surface area contributed by atoms with E-state index in [0.717, 1.165) is 30.4 Å². The second kappa shape index (κ2) is 11.1. The summed E-state index contributed by atoms with van der Waals surface area (Å²) in [5.74, 6) is 1.31. The lowest BCUT2D eigenvalue weighted by atomic mass is 9.77. The summed E-state index contributed by atoms with van der Waals surface area (Å²) in [6, 6.07) is 15.1. The molecule has 0 amide bonds. The van der Waals surface area contributed by atoms with Crippen molar-refractivity contribution in [1.82, 2.24) is 0 Å². The number of fused-ring (bicyclic) bond motifs is 3. The van der Waals surface area contributed by atoms with E-state index in [-0.39, 0.29) is 0 Å². The Morgan fingerprint density at radius 1 is 0.750 bits per heavy atom. The highest BCUT2D eigenvalue weighted by Crippen LogP contribution is 2.54. The summed E-state index contributed by atoms with van der Waals surface area (Å²) in [6.07, 6.45) is 6.06. The number of benzene rings is 3. The number of alkyl halides is 3. The Balaban J connectivity index is 0.000000595. The molecular weight excluding hydrogens is 532 g/mol. The summed E-state index contributed by atoms with van der Waals surface area (Å²) in [4.78, 5) is 0. The smallest absolute Gasteiger partial charge is 0.496 e. The molecule has 0 saturated heterocycles. The molecule has 0 heterocycles. The van der Waals surface area contributed by atoms with Crippen LogP contribution in [0.15, 0.2) is 48.5 Å². The van der Waals surface area contributed by atoms with Crippen molar-refractivity contribution in [3.63, 3.8) is 0 Å². The second-order valence-electron chi connectivity index (χ2n) is 11.0. The van der Waals surface area contributed by atoms with Crippen LogP contribution < -0.4 is 4.74 Å². The molecule has 9 heteroatoms. The molecule has 0 N–H and O–H groups in total. The lowest BCUT2D eigenvalue weighted by Crippen LogP contribution is -2.10. The fraction of sp³-hybridized carbons (Fsp3) is 0.419. The third-order valence-electron chi connectivity index (χ3n) is 8.54. The number of hydrogen-bond acceptors (Lipinski definition) is 1. The number of rotatable bonds is 4. The molecule has 3 aromatic carbocycles. The van der Waals surface area contributed by atoms with Gasteiger partial charge in [-0.05, 0) is 95.0 Å². The predicted molar refractivity (Wildman–Crippen MR) is 144 cm³/mol. The third-order valence-corrected chi connectivity index (χ3v) is 8.54. The average Bonchev–Trinajstić information content (AvgIpc) is 3.67. The van der Waals surface area contributed by atoms with Gasteiger partial charge in [0.05, 0.1) is 12.7 Å². The zero-order valence-electron chi connectivity index (χ0n) is 22.3. The van der Waals surface area contributed by atoms with Gasteiger partial charge in [-0.2, -0.15) is 13.2 Å². The SMILES string of the molecule is COc1cc(C(F)(F)F)ccc1-c1c2c(cc(C3CCCC3)c1C1CCCC1)-c1ccccc1C2.F[B-](F)(F)F. The van der Waals surface area contributed by atoms with Gasteiger partial charge in [0.15, 0.2) is 0 Å². The van der Waals surface area contributed by atoms with Crippen LogP contribution in [0.3, 0.4) is 0 Å². The second-order valence-corrected chi connectivity index (χ2v) is 11.0. The van der Waals surface area contributed by atoms with Crippen molar-refractivity contribution in [2.75, 3.05) is 7.11 Å². The molecule has 0 bridgehead atoms. The molecule has 3 aliphatic carbocycles. The first-order valence-corrected chi connectivity index (χ1v) is 13.9. The van der Waals surface area contributed by atoms with Crippen LogP contribution in [0.4, 0.5) is 30.4 Å². The minimum atomic E-state index is -6.00. The van der Waals surface area contributed by atoms with E-state index in [1.165, 1.54) is 91.1 Å². The quantitative estimate of drug-likeness (QED) is 0.177. The zero-order valence-corrected chi connectivity index (χ0v) is 22.3. The Kier molecular flexibility index (Phi) is 7.95. The van der Waals surface area contributed by atoms with Crippen LogP contribution in [-0.2, 0) is 12.6 Å². The van der Waals surface area contributed by atoms with Gasteiger partial charge < -0.3 is 22.0 Å². The summed E-state index contributed by atoms with van der Waals surface area (Å²) in [6.45, 7) is 0. The molecule has 3 aliphatic rings. The maximum atomic E-state index is 13.6. The summed E-state index contributed by atoms with van der Waals surface area (Å²) in [5, 5.41) is 0. The standard InChI is InChI=1S/C31H31F3O.BF4/c1-35-28-17-22(31(32,33)34)14-15-24(28)30-27-16-21-12-6-7-13-23(21)26(27)18-25(19-8-2-3-9-19)29(30)20-10-4-5-11-20;2-1(3,4)5/h6-7,12-15,17-20H,2-5,8-11,16H2,1H3;/q;-1. The van der Waals surface area contributed by atoms with Gasteiger partial charge in [0, 0.05) is 5.56 Å². The van der Waals surface area contributed by atoms with E-state index in [4.69, 9.17) is 4.74 Å². The average molecular weight is 563 g/mol. The van der Waals surface area contributed by atoms with E-state index in [9.17, 15) is 30.4 Å². The molecule has 0 unspecified atom stereocenters. The van der Waals surface area contributed by atoms with Crippen LogP contribution in [0.5, 0.6) is 5.75 Å². The summed E-state index contributed by atoms with van der Waals surface area (Å²) >= 11 is 0. The van der Waals surface area contributed by atoms with E-state index in [1.54, 1.807) is 6.07 Å². The largest absolute Gasteiger partial charge is 0.673 e. The highest BCUT2D eigenvalue weighted by atomic mass is 19.5. The predicted octanol–water partition coefficient (Wildman–Crippen LogP) is 10.6. The molecule has 0 radical (unpaired) electrons. The van der Waals surface area contributed by atoms with Crippen LogP contribution in [-0.4, -0.2) is 14.4 Å². The van der Waals surface area contributed by atoms with E-state index < -0.39 is 19.0 Å². The van der Waals surface area contributed by atoms with Crippen molar-refractivity contribution in [3.8, 4) is 28.0 Å². The van der Waals surface area contributed by atoms with Gasteiger partial charge in [0.1, 0.15) is 5.75 Å². The monoisotopic (exact) mass is 563 g/mol. The molecule has 2 saturated carbocycles. The lowest BCUT2D eigenvalue weighted by molar-refractivity contribution is -0.137. The summed E-state index contributed by atoms with van der Waals surface area (Å²) < 4.78 is 85.4. The fourth-order valence-electron chi connectivity index (χ4n) is 6.92.